The summed E-state index contributed by atoms with van der Waals surface area (Å²) < 4.78 is 37.7. The van der Waals surface area contributed by atoms with Crippen molar-refractivity contribution in [1.29, 1.82) is 0 Å². The number of carbonyl (C=O) groups is 2. The Morgan fingerprint density at radius 3 is 2.38 bits per heavy atom. The summed E-state index contributed by atoms with van der Waals surface area (Å²) in [6, 6.07) is 4.27. The van der Waals surface area contributed by atoms with Gasteiger partial charge in [0.05, 0.1) is 30.1 Å². The van der Waals surface area contributed by atoms with Gasteiger partial charge in [0.15, 0.2) is 0 Å². The van der Waals surface area contributed by atoms with Crippen molar-refractivity contribution in [3.05, 3.63) is 23.8 Å². The minimum Gasteiger partial charge on any atom is -0.496 e. The molecule has 1 aliphatic heterocycles. The predicted molar refractivity (Wildman–Crippen MR) is 108 cm³/mol. The van der Waals surface area contributed by atoms with Crippen molar-refractivity contribution in [1.82, 2.24) is 9.62 Å². The van der Waals surface area contributed by atoms with E-state index < -0.39 is 21.9 Å². The maximum absolute atomic E-state index is 13.0. The van der Waals surface area contributed by atoms with Crippen LogP contribution in [0.25, 0.3) is 0 Å². The molecule has 1 heterocycles. The summed E-state index contributed by atoms with van der Waals surface area (Å²) >= 11 is 0. The van der Waals surface area contributed by atoms with Gasteiger partial charge in [-0.15, -0.1) is 0 Å². The highest BCUT2D eigenvalue weighted by Crippen LogP contribution is 2.26. The molecule has 1 fully saturated rings. The molecule has 8 nitrogen and oxygen atoms in total. The maximum atomic E-state index is 13.0. The first-order valence-electron chi connectivity index (χ1n) is 9.91. The summed E-state index contributed by atoms with van der Waals surface area (Å²) in [5.74, 6) is -0.654. The number of hydrogen-bond donors (Lipinski definition) is 1. The molecule has 2 rings (SSSR count). The number of nitrogens with zero attached hydrogens (tertiary/aromatic N) is 1. The van der Waals surface area contributed by atoms with E-state index >= 15 is 0 Å². The van der Waals surface area contributed by atoms with Gasteiger partial charge < -0.3 is 14.8 Å². The molecule has 0 radical (unpaired) electrons. The van der Waals surface area contributed by atoms with Crippen LogP contribution >= 0.6 is 0 Å². The molecule has 0 bridgehead atoms. The van der Waals surface area contributed by atoms with E-state index in [2.05, 4.69) is 5.32 Å². The third-order valence-corrected chi connectivity index (χ3v) is 6.49. The molecule has 1 N–H and O–H groups in total. The third-order valence-electron chi connectivity index (χ3n) is 4.60. The monoisotopic (exact) mass is 426 g/mol. The fraction of sp³-hybridized carbons (Fsp3) is 0.600. The van der Waals surface area contributed by atoms with Crippen LogP contribution in [0.5, 0.6) is 5.75 Å². The number of rotatable bonds is 8. The van der Waals surface area contributed by atoms with Gasteiger partial charge in [-0.05, 0) is 44.9 Å². The highest BCUT2D eigenvalue weighted by molar-refractivity contribution is 7.89. The van der Waals surface area contributed by atoms with Crippen molar-refractivity contribution in [2.24, 2.45) is 0 Å². The molecule has 1 aliphatic rings. The number of hydrogen-bond acceptors (Lipinski definition) is 6. The zero-order valence-corrected chi connectivity index (χ0v) is 18.1. The van der Waals surface area contributed by atoms with E-state index in [4.69, 9.17) is 9.47 Å². The fourth-order valence-corrected chi connectivity index (χ4v) is 4.70. The molecule has 1 amide bonds. The minimum atomic E-state index is -3.69. The van der Waals surface area contributed by atoms with Gasteiger partial charge in [-0.3, -0.25) is 9.59 Å². The Morgan fingerprint density at radius 2 is 1.79 bits per heavy atom. The molecule has 0 saturated carbocycles. The van der Waals surface area contributed by atoms with Crippen molar-refractivity contribution in [3.63, 3.8) is 0 Å². The molecular weight excluding hydrogens is 396 g/mol. The number of amides is 1. The Labute approximate surface area is 172 Å². The highest BCUT2D eigenvalue weighted by Gasteiger charge is 2.27. The van der Waals surface area contributed by atoms with E-state index in [0.717, 1.165) is 25.7 Å². The molecular formula is C20H30N2O6S. The Morgan fingerprint density at radius 1 is 1.14 bits per heavy atom. The van der Waals surface area contributed by atoms with Gasteiger partial charge in [0.25, 0.3) is 5.91 Å². The Bertz CT molecular complexity index is 814. The SMILES string of the molecule is COc1ccc(S(=O)(=O)N2CCCCCC2)cc1C(=O)NCCC(=O)OC(C)C. The second kappa shape index (κ2) is 10.6. The van der Waals surface area contributed by atoms with E-state index in [9.17, 15) is 18.0 Å². The largest absolute Gasteiger partial charge is 0.496 e. The van der Waals surface area contributed by atoms with Gasteiger partial charge in [0.2, 0.25) is 10.0 Å². The number of carbonyl (C=O) groups excluding carboxylic acids is 2. The first-order chi connectivity index (χ1) is 13.8. The van der Waals surface area contributed by atoms with E-state index in [1.54, 1.807) is 13.8 Å². The predicted octanol–water partition coefficient (Wildman–Crippen LogP) is 2.33. The van der Waals surface area contributed by atoms with Gasteiger partial charge in [-0.25, -0.2) is 8.42 Å². The lowest BCUT2D eigenvalue weighted by atomic mass is 10.2. The maximum Gasteiger partial charge on any atom is 0.307 e. The van der Waals surface area contributed by atoms with Gasteiger partial charge in [0.1, 0.15) is 5.75 Å². The molecule has 1 aromatic rings. The first kappa shape index (κ1) is 23.2. The van der Waals surface area contributed by atoms with Crippen LogP contribution in [0.3, 0.4) is 0 Å². The smallest absolute Gasteiger partial charge is 0.307 e. The Kier molecular flexibility index (Phi) is 8.45. The molecule has 29 heavy (non-hydrogen) atoms. The second-order valence-electron chi connectivity index (χ2n) is 7.22. The fourth-order valence-electron chi connectivity index (χ4n) is 3.15. The lowest BCUT2D eigenvalue weighted by molar-refractivity contribution is -0.147. The van der Waals surface area contributed by atoms with E-state index in [1.165, 1.54) is 29.6 Å². The second-order valence-corrected chi connectivity index (χ2v) is 9.16. The van der Waals surface area contributed by atoms with Crippen molar-refractivity contribution in [3.8, 4) is 5.75 Å². The number of ether oxygens (including phenoxy) is 2. The molecule has 0 aromatic heterocycles. The first-order valence-corrected chi connectivity index (χ1v) is 11.4. The summed E-state index contributed by atoms with van der Waals surface area (Å²) in [6.07, 6.45) is 3.49. The van der Waals surface area contributed by atoms with Crippen LogP contribution in [0.4, 0.5) is 0 Å². The van der Waals surface area contributed by atoms with Crippen molar-refractivity contribution in [2.45, 2.75) is 57.0 Å². The van der Waals surface area contributed by atoms with E-state index in [-0.39, 0.29) is 35.3 Å². The van der Waals surface area contributed by atoms with E-state index in [1.807, 2.05) is 0 Å². The molecule has 1 saturated heterocycles. The van der Waals surface area contributed by atoms with Crippen LogP contribution in [-0.2, 0) is 19.6 Å². The van der Waals surface area contributed by atoms with Crippen molar-refractivity contribution < 1.29 is 27.5 Å². The normalized spacial score (nSPS) is 15.6. The topological polar surface area (TPSA) is 102 Å². The Balaban J connectivity index is 2.15. The standard InChI is InChI=1S/C20H30N2O6S/c1-15(2)28-19(23)10-11-21-20(24)17-14-16(8-9-18(17)27-3)29(25,26)22-12-6-4-5-7-13-22/h8-9,14-15H,4-7,10-13H2,1-3H3,(H,21,24). The molecule has 9 heteroatoms. The average molecular weight is 427 g/mol. The Hall–Kier alpha value is -2.13. The van der Waals surface area contributed by atoms with Crippen LogP contribution in [0, 0.1) is 0 Å². The van der Waals surface area contributed by atoms with Crippen molar-refractivity contribution in [2.75, 3.05) is 26.7 Å². The molecule has 0 aliphatic carbocycles. The number of benzene rings is 1. The molecule has 0 atom stereocenters. The zero-order valence-electron chi connectivity index (χ0n) is 17.3. The number of sulfonamides is 1. The quantitative estimate of drug-likeness (QED) is 0.640. The van der Waals surface area contributed by atoms with Crippen LogP contribution in [0.1, 0.15) is 56.3 Å². The molecule has 0 unspecified atom stereocenters. The summed E-state index contributed by atoms with van der Waals surface area (Å²) in [4.78, 5) is 24.2. The molecule has 162 valence electrons. The number of methoxy groups -OCH3 is 1. The van der Waals surface area contributed by atoms with Gasteiger partial charge in [-0.2, -0.15) is 4.31 Å². The highest BCUT2D eigenvalue weighted by atomic mass is 32.2. The van der Waals surface area contributed by atoms with Crippen LogP contribution in [0.2, 0.25) is 0 Å². The van der Waals surface area contributed by atoms with Gasteiger partial charge >= 0.3 is 5.97 Å². The lowest BCUT2D eigenvalue weighted by Crippen LogP contribution is -2.32. The summed E-state index contributed by atoms with van der Waals surface area (Å²) in [5, 5.41) is 2.62. The molecule has 1 aromatic carbocycles. The molecule has 0 spiro atoms. The average Bonchev–Trinajstić information content (AvgIpc) is 2.96. The third kappa shape index (κ3) is 6.43. The van der Waals surface area contributed by atoms with Gasteiger partial charge in [0, 0.05) is 19.6 Å². The summed E-state index contributed by atoms with van der Waals surface area (Å²) in [6.45, 7) is 4.54. The summed E-state index contributed by atoms with van der Waals surface area (Å²) in [5.41, 5.74) is 0.112. The number of esters is 1. The minimum absolute atomic E-state index is 0.0258. The van der Waals surface area contributed by atoms with Crippen LogP contribution in [0.15, 0.2) is 23.1 Å². The zero-order chi connectivity index (χ0) is 21.4. The summed E-state index contributed by atoms with van der Waals surface area (Å²) in [7, 11) is -2.28. The van der Waals surface area contributed by atoms with E-state index in [0.29, 0.717) is 13.1 Å². The van der Waals surface area contributed by atoms with Crippen LogP contribution < -0.4 is 10.1 Å². The lowest BCUT2D eigenvalue weighted by Gasteiger charge is -2.20. The number of nitrogens with one attached hydrogen (secondary N) is 1. The van der Waals surface area contributed by atoms with Crippen molar-refractivity contribution >= 4 is 21.9 Å². The van der Waals surface area contributed by atoms with Crippen LogP contribution in [-0.4, -0.2) is 57.4 Å². The van der Waals surface area contributed by atoms with Gasteiger partial charge in [-0.1, -0.05) is 12.8 Å².